The molecule has 1 N–H and O–H groups in total. The molecule has 1 aliphatic heterocycles. The van der Waals surface area contributed by atoms with E-state index in [4.69, 9.17) is 9.47 Å². The molecule has 0 radical (unpaired) electrons. The van der Waals surface area contributed by atoms with Gasteiger partial charge in [0.25, 0.3) is 0 Å². The minimum absolute atomic E-state index is 0.244. The van der Waals surface area contributed by atoms with Gasteiger partial charge in [-0.3, -0.25) is 4.90 Å². The van der Waals surface area contributed by atoms with Crippen LogP contribution in [-0.4, -0.2) is 51.5 Å². The molecule has 1 aliphatic rings. The van der Waals surface area contributed by atoms with Crippen LogP contribution in [0, 0.1) is 5.92 Å². The molecule has 23 heavy (non-hydrogen) atoms. The van der Waals surface area contributed by atoms with Gasteiger partial charge in [-0.15, -0.1) is 0 Å². The Morgan fingerprint density at radius 3 is 2.70 bits per heavy atom. The highest BCUT2D eigenvalue weighted by Gasteiger charge is 2.34. The van der Waals surface area contributed by atoms with Crippen molar-refractivity contribution in [2.75, 3.05) is 40.4 Å². The van der Waals surface area contributed by atoms with Crippen LogP contribution in [0.25, 0.3) is 0 Å². The van der Waals surface area contributed by atoms with Crippen LogP contribution in [0.1, 0.15) is 12.0 Å². The molecule has 0 bridgehead atoms. The van der Waals surface area contributed by atoms with E-state index in [2.05, 4.69) is 5.32 Å². The predicted octanol–water partition coefficient (Wildman–Crippen LogP) is 2.68. The maximum Gasteiger partial charge on any atom is 0.401 e. The maximum absolute atomic E-state index is 12.4. The fourth-order valence-electron chi connectivity index (χ4n) is 2.98. The predicted molar refractivity (Wildman–Crippen MR) is 81.9 cm³/mol. The number of hydrogen-bond donors (Lipinski definition) is 1. The lowest BCUT2D eigenvalue weighted by Crippen LogP contribution is -2.33. The van der Waals surface area contributed by atoms with Crippen LogP contribution < -0.4 is 14.8 Å². The smallest absolute Gasteiger partial charge is 0.401 e. The molecule has 0 amide bonds. The summed E-state index contributed by atoms with van der Waals surface area (Å²) in [4.78, 5) is 1.47. The molecule has 7 heteroatoms. The summed E-state index contributed by atoms with van der Waals surface area (Å²) in [5, 5.41) is 3.31. The molecule has 0 aromatic heterocycles. The Hall–Kier alpha value is -1.47. The van der Waals surface area contributed by atoms with E-state index in [1.807, 2.05) is 18.2 Å². The van der Waals surface area contributed by atoms with Gasteiger partial charge in [-0.25, -0.2) is 0 Å². The number of alkyl halides is 3. The number of benzene rings is 1. The highest BCUT2D eigenvalue weighted by molar-refractivity contribution is 5.46. The molecular formula is C16H23F3N2O2. The van der Waals surface area contributed by atoms with Gasteiger partial charge in [0.2, 0.25) is 0 Å². The second-order valence-electron chi connectivity index (χ2n) is 5.79. The number of ether oxygens (including phenoxy) is 2. The van der Waals surface area contributed by atoms with E-state index in [1.165, 1.54) is 4.90 Å². The van der Waals surface area contributed by atoms with Crippen molar-refractivity contribution in [2.24, 2.45) is 5.92 Å². The Balaban J connectivity index is 1.80. The SMILES string of the molecule is COc1cccc(CNC[C@H]2CCN(CC(F)(F)F)C2)c1OC. The minimum Gasteiger partial charge on any atom is -0.493 e. The van der Waals surface area contributed by atoms with Crippen molar-refractivity contribution in [3.63, 3.8) is 0 Å². The number of rotatable bonds is 7. The van der Waals surface area contributed by atoms with Gasteiger partial charge in [0.15, 0.2) is 11.5 Å². The topological polar surface area (TPSA) is 33.7 Å². The Kier molecular flexibility index (Phi) is 6.12. The number of nitrogens with one attached hydrogen (secondary N) is 1. The van der Waals surface area contributed by atoms with Crippen molar-refractivity contribution in [3.8, 4) is 11.5 Å². The molecule has 0 aliphatic carbocycles. The van der Waals surface area contributed by atoms with Gasteiger partial charge in [-0.05, 0) is 31.5 Å². The van der Waals surface area contributed by atoms with Gasteiger partial charge < -0.3 is 14.8 Å². The molecule has 4 nitrogen and oxygen atoms in total. The molecular weight excluding hydrogens is 309 g/mol. The molecule has 1 aromatic rings. The Morgan fingerprint density at radius 2 is 2.04 bits per heavy atom. The summed E-state index contributed by atoms with van der Waals surface area (Å²) < 4.78 is 47.8. The van der Waals surface area contributed by atoms with E-state index >= 15 is 0 Å². The summed E-state index contributed by atoms with van der Waals surface area (Å²) in [6.45, 7) is 1.47. The highest BCUT2D eigenvalue weighted by atomic mass is 19.4. The molecule has 130 valence electrons. The van der Waals surface area contributed by atoms with Crippen LogP contribution in [0.4, 0.5) is 13.2 Å². The largest absolute Gasteiger partial charge is 0.493 e. The molecule has 1 saturated heterocycles. The van der Waals surface area contributed by atoms with Crippen molar-refractivity contribution < 1.29 is 22.6 Å². The molecule has 0 unspecified atom stereocenters. The highest BCUT2D eigenvalue weighted by Crippen LogP contribution is 2.30. The number of nitrogens with zero attached hydrogens (tertiary/aromatic N) is 1. The van der Waals surface area contributed by atoms with Crippen LogP contribution in [0.15, 0.2) is 18.2 Å². The average molecular weight is 332 g/mol. The summed E-state index contributed by atoms with van der Waals surface area (Å²) >= 11 is 0. The summed E-state index contributed by atoms with van der Waals surface area (Å²) in [6.07, 6.45) is -3.32. The Morgan fingerprint density at radius 1 is 1.26 bits per heavy atom. The standard InChI is InChI=1S/C16H23F3N2O2/c1-22-14-5-3-4-13(15(14)23-2)9-20-8-12-6-7-21(10-12)11-16(17,18)19/h3-5,12,20H,6-11H2,1-2H3/t12-/m1/s1. The van der Waals surface area contributed by atoms with Crippen molar-refractivity contribution in [1.29, 1.82) is 0 Å². The van der Waals surface area contributed by atoms with Crippen LogP contribution in [-0.2, 0) is 6.54 Å². The third kappa shape index (κ3) is 5.28. The fraction of sp³-hybridized carbons (Fsp3) is 0.625. The van der Waals surface area contributed by atoms with E-state index in [9.17, 15) is 13.2 Å². The number of methoxy groups -OCH3 is 2. The number of halogens is 3. The lowest BCUT2D eigenvalue weighted by atomic mass is 10.1. The second kappa shape index (κ2) is 7.88. The zero-order valence-electron chi connectivity index (χ0n) is 13.4. The first-order valence-corrected chi connectivity index (χ1v) is 7.62. The van der Waals surface area contributed by atoms with E-state index in [0.29, 0.717) is 37.7 Å². The Bertz CT molecular complexity index is 509. The number of para-hydroxylation sites is 1. The molecule has 1 aromatic carbocycles. The average Bonchev–Trinajstić information content (AvgIpc) is 2.92. The zero-order chi connectivity index (χ0) is 16.9. The van der Waals surface area contributed by atoms with Gasteiger partial charge in [-0.2, -0.15) is 13.2 Å². The quantitative estimate of drug-likeness (QED) is 0.832. The van der Waals surface area contributed by atoms with E-state index in [-0.39, 0.29) is 5.92 Å². The molecule has 1 heterocycles. The van der Waals surface area contributed by atoms with Crippen molar-refractivity contribution in [2.45, 2.75) is 19.1 Å². The van der Waals surface area contributed by atoms with E-state index in [1.54, 1.807) is 14.2 Å². The Labute approximate surface area is 134 Å². The van der Waals surface area contributed by atoms with Crippen LogP contribution in [0.2, 0.25) is 0 Å². The van der Waals surface area contributed by atoms with Crippen LogP contribution >= 0.6 is 0 Å². The van der Waals surface area contributed by atoms with Gasteiger partial charge in [-0.1, -0.05) is 12.1 Å². The van der Waals surface area contributed by atoms with Crippen molar-refractivity contribution >= 4 is 0 Å². The first-order chi connectivity index (χ1) is 10.9. The van der Waals surface area contributed by atoms with Crippen LogP contribution in [0.5, 0.6) is 11.5 Å². The summed E-state index contributed by atoms with van der Waals surface area (Å²) in [5.74, 6) is 1.60. The lowest BCUT2D eigenvalue weighted by Gasteiger charge is -2.18. The minimum atomic E-state index is -4.11. The third-order valence-corrected chi connectivity index (χ3v) is 4.01. The number of hydrogen-bond acceptors (Lipinski definition) is 4. The van der Waals surface area contributed by atoms with Crippen molar-refractivity contribution in [1.82, 2.24) is 10.2 Å². The summed E-state index contributed by atoms with van der Waals surface area (Å²) in [5.41, 5.74) is 0.969. The molecule has 0 saturated carbocycles. The first kappa shape index (κ1) is 17.9. The molecule has 1 fully saturated rings. The van der Waals surface area contributed by atoms with Crippen molar-refractivity contribution in [3.05, 3.63) is 23.8 Å². The zero-order valence-corrected chi connectivity index (χ0v) is 13.4. The van der Waals surface area contributed by atoms with Gasteiger partial charge in [0.1, 0.15) is 0 Å². The normalized spacial score (nSPS) is 19.1. The fourth-order valence-corrected chi connectivity index (χ4v) is 2.98. The maximum atomic E-state index is 12.4. The van der Waals surface area contributed by atoms with Gasteiger partial charge in [0.05, 0.1) is 20.8 Å². The summed E-state index contributed by atoms with van der Waals surface area (Å²) in [6, 6.07) is 5.66. The van der Waals surface area contributed by atoms with Crippen LogP contribution in [0.3, 0.4) is 0 Å². The van der Waals surface area contributed by atoms with E-state index in [0.717, 1.165) is 12.0 Å². The van der Waals surface area contributed by atoms with E-state index < -0.39 is 12.7 Å². The summed E-state index contributed by atoms with van der Waals surface area (Å²) in [7, 11) is 3.18. The molecule has 0 spiro atoms. The monoisotopic (exact) mass is 332 g/mol. The van der Waals surface area contributed by atoms with Gasteiger partial charge >= 0.3 is 6.18 Å². The molecule has 1 atom stereocenters. The lowest BCUT2D eigenvalue weighted by molar-refractivity contribution is -0.143. The van der Waals surface area contributed by atoms with Gasteiger partial charge in [0, 0.05) is 18.7 Å². The second-order valence-corrected chi connectivity index (χ2v) is 5.79. The first-order valence-electron chi connectivity index (χ1n) is 7.62. The third-order valence-electron chi connectivity index (χ3n) is 4.01. The molecule has 2 rings (SSSR count). The number of likely N-dealkylation sites (tertiary alicyclic amines) is 1.